The Labute approximate surface area is 187 Å². The molecule has 0 bridgehead atoms. The number of carbonyl (C=O) groups excluding carboxylic acids is 1. The maximum atomic E-state index is 12.7. The maximum Gasteiger partial charge on any atom is 0.409 e. The van der Waals surface area contributed by atoms with Crippen LogP contribution in [0.15, 0.2) is 48.5 Å². The van der Waals surface area contributed by atoms with Crippen molar-refractivity contribution in [2.45, 2.75) is 64.2 Å². The number of aliphatic hydroxyl groups excluding tert-OH is 1. The predicted molar refractivity (Wildman–Crippen MR) is 126 cm³/mol. The van der Waals surface area contributed by atoms with Gasteiger partial charge in [0.2, 0.25) is 0 Å². The van der Waals surface area contributed by atoms with Crippen molar-refractivity contribution in [3.05, 3.63) is 59.7 Å². The van der Waals surface area contributed by atoms with Gasteiger partial charge < -0.3 is 14.7 Å². The SMILES string of the molecule is CCCCCCCCCCN(CCO)C(=O)OCC1c2ccccc2-c2ccccc21. The molecule has 0 fully saturated rings. The van der Waals surface area contributed by atoms with E-state index in [2.05, 4.69) is 43.3 Å². The lowest BCUT2D eigenvalue weighted by atomic mass is 9.98. The summed E-state index contributed by atoms with van der Waals surface area (Å²) in [5.74, 6) is 0.0652. The molecule has 3 rings (SSSR count). The van der Waals surface area contributed by atoms with E-state index in [1.54, 1.807) is 4.90 Å². The topological polar surface area (TPSA) is 49.8 Å². The van der Waals surface area contributed by atoms with E-state index < -0.39 is 0 Å². The summed E-state index contributed by atoms with van der Waals surface area (Å²) in [5.41, 5.74) is 4.89. The van der Waals surface area contributed by atoms with Crippen LogP contribution in [0.4, 0.5) is 4.79 Å². The lowest BCUT2D eigenvalue weighted by Crippen LogP contribution is -2.35. The number of carbonyl (C=O) groups is 1. The smallest absolute Gasteiger partial charge is 0.409 e. The number of ether oxygens (including phenoxy) is 1. The number of nitrogens with zero attached hydrogens (tertiary/aromatic N) is 1. The van der Waals surface area contributed by atoms with Crippen molar-refractivity contribution >= 4 is 6.09 Å². The number of hydrogen-bond acceptors (Lipinski definition) is 3. The molecule has 31 heavy (non-hydrogen) atoms. The first-order valence-corrected chi connectivity index (χ1v) is 12.0. The minimum Gasteiger partial charge on any atom is -0.448 e. The molecule has 4 nitrogen and oxygen atoms in total. The van der Waals surface area contributed by atoms with Crippen molar-refractivity contribution in [2.75, 3.05) is 26.3 Å². The minimum atomic E-state index is -0.321. The average Bonchev–Trinajstić information content (AvgIpc) is 3.12. The summed E-state index contributed by atoms with van der Waals surface area (Å²) in [5, 5.41) is 9.40. The summed E-state index contributed by atoms with van der Waals surface area (Å²) in [7, 11) is 0. The van der Waals surface area contributed by atoms with Crippen molar-refractivity contribution in [3.63, 3.8) is 0 Å². The molecule has 1 aliphatic carbocycles. The molecule has 0 radical (unpaired) electrons. The van der Waals surface area contributed by atoms with Gasteiger partial charge in [-0.3, -0.25) is 0 Å². The molecule has 4 heteroatoms. The van der Waals surface area contributed by atoms with Gasteiger partial charge >= 0.3 is 6.09 Å². The Morgan fingerprint density at radius 3 is 1.97 bits per heavy atom. The molecule has 0 spiro atoms. The summed E-state index contributed by atoms with van der Waals surface area (Å²) in [4.78, 5) is 14.4. The van der Waals surface area contributed by atoms with Crippen LogP contribution in [0, 0.1) is 0 Å². The largest absolute Gasteiger partial charge is 0.448 e. The van der Waals surface area contributed by atoms with Gasteiger partial charge in [-0.15, -0.1) is 0 Å². The Balaban J connectivity index is 1.49. The quantitative estimate of drug-likeness (QED) is 0.381. The summed E-state index contributed by atoms with van der Waals surface area (Å²) in [6.07, 6.45) is 9.46. The number of amides is 1. The lowest BCUT2D eigenvalue weighted by molar-refractivity contribution is 0.0911. The minimum absolute atomic E-state index is 0.0405. The Morgan fingerprint density at radius 1 is 0.839 bits per heavy atom. The fourth-order valence-corrected chi connectivity index (χ4v) is 4.54. The molecular formula is C27H37NO3. The van der Waals surface area contributed by atoms with Gasteiger partial charge in [-0.2, -0.15) is 0 Å². The normalized spacial score (nSPS) is 12.5. The second-order valence-corrected chi connectivity index (χ2v) is 8.49. The first kappa shape index (κ1) is 23.3. The average molecular weight is 424 g/mol. The molecule has 0 atom stereocenters. The third kappa shape index (κ3) is 6.33. The monoisotopic (exact) mass is 423 g/mol. The second kappa shape index (κ2) is 12.5. The zero-order valence-electron chi connectivity index (χ0n) is 18.9. The first-order valence-electron chi connectivity index (χ1n) is 12.0. The Bertz CT molecular complexity index is 774. The van der Waals surface area contributed by atoms with Gasteiger partial charge in [0.15, 0.2) is 0 Å². The van der Waals surface area contributed by atoms with Crippen LogP contribution in [-0.2, 0) is 4.74 Å². The number of hydrogen-bond donors (Lipinski definition) is 1. The van der Waals surface area contributed by atoms with Gasteiger partial charge in [0.05, 0.1) is 6.61 Å². The van der Waals surface area contributed by atoms with Crippen molar-refractivity contribution < 1.29 is 14.6 Å². The number of rotatable bonds is 13. The molecule has 2 aromatic carbocycles. The molecule has 1 N–H and O–H groups in total. The van der Waals surface area contributed by atoms with Gasteiger partial charge in [-0.05, 0) is 28.7 Å². The van der Waals surface area contributed by atoms with E-state index in [4.69, 9.17) is 4.74 Å². The van der Waals surface area contributed by atoms with Crippen molar-refractivity contribution in [2.24, 2.45) is 0 Å². The van der Waals surface area contributed by atoms with E-state index in [0.29, 0.717) is 19.7 Å². The van der Waals surface area contributed by atoms with Gasteiger partial charge in [-0.1, -0.05) is 100 Å². The number of fused-ring (bicyclic) bond motifs is 3. The van der Waals surface area contributed by atoms with E-state index in [1.807, 2.05) is 12.1 Å². The molecule has 2 aromatic rings. The summed E-state index contributed by atoms with van der Waals surface area (Å²) in [6.45, 7) is 3.49. The highest BCUT2D eigenvalue weighted by atomic mass is 16.6. The van der Waals surface area contributed by atoms with Crippen LogP contribution < -0.4 is 0 Å². The van der Waals surface area contributed by atoms with Crippen LogP contribution >= 0.6 is 0 Å². The number of aliphatic hydroxyl groups is 1. The molecule has 0 saturated carbocycles. The molecule has 1 amide bonds. The Kier molecular flexibility index (Phi) is 9.41. The van der Waals surface area contributed by atoms with Crippen LogP contribution in [0.5, 0.6) is 0 Å². The predicted octanol–water partition coefficient (Wildman–Crippen LogP) is 6.37. The maximum absolute atomic E-state index is 12.7. The standard InChI is InChI=1S/C27H37NO3/c1-2-3-4-5-6-7-8-13-18-28(19-20-29)27(30)31-21-26-24-16-11-9-14-22(24)23-15-10-12-17-25(23)26/h9-12,14-17,26,29H,2-8,13,18-21H2,1H3. The summed E-state index contributed by atoms with van der Waals surface area (Å²) < 4.78 is 5.75. The van der Waals surface area contributed by atoms with E-state index in [-0.39, 0.29) is 18.6 Å². The van der Waals surface area contributed by atoms with Crippen LogP contribution in [-0.4, -0.2) is 42.4 Å². The van der Waals surface area contributed by atoms with E-state index in [9.17, 15) is 9.90 Å². The Hall–Kier alpha value is -2.33. The number of unbranched alkanes of at least 4 members (excludes halogenated alkanes) is 7. The van der Waals surface area contributed by atoms with E-state index >= 15 is 0 Å². The van der Waals surface area contributed by atoms with Crippen molar-refractivity contribution in [3.8, 4) is 11.1 Å². The fraction of sp³-hybridized carbons (Fsp3) is 0.519. The van der Waals surface area contributed by atoms with Crippen LogP contribution in [0.25, 0.3) is 11.1 Å². The third-order valence-corrected chi connectivity index (χ3v) is 6.25. The van der Waals surface area contributed by atoms with E-state index in [0.717, 1.165) is 12.8 Å². The van der Waals surface area contributed by atoms with Gasteiger partial charge in [0.1, 0.15) is 6.61 Å². The molecule has 0 unspecified atom stereocenters. The summed E-state index contributed by atoms with van der Waals surface area (Å²) >= 11 is 0. The van der Waals surface area contributed by atoms with Crippen LogP contribution in [0.3, 0.4) is 0 Å². The third-order valence-electron chi connectivity index (χ3n) is 6.25. The molecule has 1 aliphatic rings. The molecule has 168 valence electrons. The van der Waals surface area contributed by atoms with Gasteiger partial charge in [0.25, 0.3) is 0 Å². The Morgan fingerprint density at radius 2 is 1.39 bits per heavy atom. The first-order chi connectivity index (χ1) is 15.3. The fourth-order valence-electron chi connectivity index (χ4n) is 4.54. The highest BCUT2D eigenvalue weighted by Crippen LogP contribution is 2.44. The molecule has 0 aliphatic heterocycles. The van der Waals surface area contributed by atoms with Crippen LogP contribution in [0.2, 0.25) is 0 Å². The van der Waals surface area contributed by atoms with Crippen molar-refractivity contribution in [1.82, 2.24) is 4.90 Å². The zero-order valence-corrected chi connectivity index (χ0v) is 18.9. The zero-order chi connectivity index (χ0) is 21.9. The second-order valence-electron chi connectivity index (χ2n) is 8.49. The molecule has 0 heterocycles. The molecular weight excluding hydrogens is 386 g/mol. The van der Waals surface area contributed by atoms with Crippen molar-refractivity contribution in [1.29, 1.82) is 0 Å². The van der Waals surface area contributed by atoms with Gasteiger partial charge in [0, 0.05) is 19.0 Å². The molecule has 0 saturated heterocycles. The van der Waals surface area contributed by atoms with Gasteiger partial charge in [-0.25, -0.2) is 4.79 Å². The summed E-state index contributed by atoms with van der Waals surface area (Å²) in [6, 6.07) is 16.7. The number of benzene rings is 2. The molecule has 0 aromatic heterocycles. The van der Waals surface area contributed by atoms with E-state index in [1.165, 1.54) is 60.8 Å². The van der Waals surface area contributed by atoms with Crippen LogP contribution in [0.1, 0.15) is 75.3 Å². The lowest BCUT2D eigenvalue weighted by Gasteiger charge is -2.23. The highest BCUT2D eigenvalue weighted by molar-refractivity contribution is 5.79. The highest BCUT2D eigenvalue weighted by Gasteiger charge is 2.29.